The first kappa shape index (κ1) is 10.4. The minimum Gasteiger partial charge on any atom is -0.481 e. The first-order valence-corrected chi connectivity index (χ1v) is 3.00. The van der Waals surface area contributed by atoms with Crippen LogP contribution in [0.15, 0.2) is 17.9 Å². The lowest BCUT2D eigenvalue weighted by molar-refractivity contribution is -0.149. The van der Waals surface area contributed by atoms with Gasteiger partial charge >= 0.3 is 11.9 Å². The molecule has 0 aliphatic rings. The Morgan fingerprint density at radius 1 is 1.50 bits per heavy atom. The zero-order valence-electron chi connectivity index (χ0n) is 6.24. The van der Waals surface area contributed by atoms with Crippen LogP contribution in [0.5, 0.6) is 0 Å². The van der Waals surface area contributed by atoms with Crippen molar-refractivity contribution in [3.8, 4) is 0 Å². The first-order valence-electron chi connectivity index (χ1n) is 3.00. The molecule has 12 heavy (non-hydrogen) atoms. The van der Waals surface area contributed by atoms with Gasteiger partial charge in [0.2, 0.25) is 0 Å². The second-order valence-electron chi connectivity index (χ2n) is 1.79. The summed E-state index contributed by atoms with van der Waals surface area (Å²) in [4.78, 5) is 20.8. The number of rotatable bonds is 4. The second-order valence-corrected chi connectivity index (χ2v) is 1.79. The van der Waals surface area contributed by atoms with Gasteiger partial charge in [0.05, 0.1) is 12.0 Å². The number of carboxylic acid groups (broad SMARTS) is 1. The van der Waals surface area contributed by atoms with E-state index < -0.39 is 25.2 Å². The van der Waals surface area contributed by atoms with Gasteiger partial charge in [0.1, 0.15) is 0 Å². The van der Waals surface area contributed by atoms with Gasteiger partial charge in [0.15, 0.2) is 6.79 Å². The molecular weight excluding hydrogens is 164 g/mol. The van der Waals surface area contributed by atoms with Gasteiger partial charge in [-0.15, -0.1) is 5.73 Å². The summed E-state index contributed by atoms with van der Waals surface area (Å²) < 4.78 is 4.11. The Morgan fingerprint density at radius 2 is 2.08 bits per heavy atom. The van der Waals surface area contributed by atoms with Gasteiger partial charge in [-0.1, -0.05) is 6.58 Å². The van der Waals surface area contributed by atoms with Crippen molar-refractivity contribution in [1.82, 2.24) is 0 Å². The maximum atomic E-state index is 10.7. The molecule has 0 radical (unpaired) electrons. The molecule has 5 heteroatoms. The molecule has 0 fully saturated rings. The van der Waals surface area contributed by atoms with E-state index in [-0.39, 0.29) is 5.57 Å². The van der Waals surface area contributed by atoms with Gasteiger partial charge in [-0.05, 0) is 0 Å². The van der Waals surface area contributed by atoms with Crippen molar-refractivity contribution in [2.75, 3.05) is 6.79 Å². The Labute approximate surface area is 68.6 Å². The quantitative estimate of drug-likeness (QED) is 0.262. The molecule has 0 aliphatic carbocycles. The number of esters is 1. The predicted octanol–water partition coefficient (Wildman–Crippen LogP) is -0.335. The Kier molecular flexibility index (Phi) is 4.45. The van der Waals surface area contributed by atoms with E-state index in [4.69, 9.17) is 10.2 Å². The molecule has 0 saturated carbocycles. The van der Waals surface area contributed by atoms with Crippen LogP contribution in [0.3, 0.4) is 0 Å². The van der Waals surface area contributed by atoms with Crippen LogP contribution in [0, 0.1) is 0 Å². The molecule has 0 aliphatic heterocycles. The number of aliphatic hydroxyl groups is 1. The molecule has 0 aromatic carbocycles. The molecular formula is C7H8O5. The fourth-order valence-corrected chi connectivity index (χ4v) is 0.504. The van der Waals surface area contributed by atoms with E-state index >= 15 is 0 Å². The van der Waals surface area contributed by atoms with Crippen LogP contribution in [0.1, 0.15) is 6.42 Å². The Bertz CT molecular complexity index is 236. The number of hydrogen-bond donors (Lipinski definition) is 2. The first-order chi connectivity index (χ1) is 5.61. The van der Waals surface area contributed by atoms with E-state index in [9.17, 15) is 9.59 Å². The Balaban J connectivity index is 4.27. The van der Waals surface area contributed by atoms with Crippen molar-refractivity contribution < 1.29 is 24.5 Å². The number of carbonyl (C=O) groups is 2. The third-order valence-electron chi connectivity index (χ3n) is 0.983. The zero-order valence-corrected chi connectivity index (χ0v) is 6.24. The monoisotopic (exact) mass is 172 g/mol. The number of carboxylic acids is 1. The van der Waals surface area contributed by atoms with Gasteiger partial charge in [-0.3, -0.25) is 4.79 Å². The lowest BCUT2D eigenvalue weighted by atomic mass is 10.2. The fourth-order valence-electron chi connectivity index (χ4n) is 0.504. The van der Waals surface area contributed by atoms with Crippen LogP contribution in [0.25, 0.3) is 0 Å². The molecule has 0 spiro atoms. The lowest BCUT2D eigenvalue weighted by Gasteiger charge is -1.99. The molecule has 0 aromatic rings. The molecule has 66 valence electrons. The summed E-state index contributed by atoms with van der Waals surface area (Å²) >= 11 is 0. The van der Waals surface area contributed by atoms with Crippen LogP contribution in [0.4, 0.5) is 0 Å². The van der Waals surface area contributed by atoms with E-state index in [1.165, 1.54) is 0 Å². The average Bonchev–Trinajstić information content (AvgIpc) is 2.00. The highest BCUT2D eigenvalue weighted by Crippen LogP contribution is 2.01. The van der Waals surface area contributed by atoms with Crippen LogP contribution in [0.2, 0.25) is 0 Å². The highest BCUT2D eigenvalue weighted by atomic mass is 16.6. The van der Waals surface area contributed by atoms with Crippen molar-refractivity contribution in [2.45, 2.75) is 6.42 Å². The van der Waals surface area contributed by atoms with Crippen molar-refractivity contribution in [1.29, 1.82) is 0 Å². The van der Waals surface area contributed by atoms with Crippen LogP contribution >= 0.6 is 0 Å². The molecule has 0 unspecified atom stereocenters. The summed E-state index contributed by atoms with van der Waals surface area (Å²) in [6.07, 6.45) is -0.512. The van der Waals surface area contributed by atoms with Crippen molar-refractivity contribution in [3.63, 3.8) is 0 Å². The SMILES string of the molecule is C=C=C(CC(=O)O)C(=O)OCO. The normalized spacial score (nSPS) is 8.42. The predicted molar refractivity (Wildman–Crippen MR) is 38.1 cm³/mol. The van der Waals surface area contributed by atoms with E-state index in [0.29, 0.717) is 0 Å². The van der Waals surface area contributed by atoms with E-state index in [2.05, 4.69) is 17.0 Å². The minimum atomic E-state index is -1.18. The maximum absolute atomic E-state index is 10.7. The maximum Gasteiger partial charge on any atom is 0.344 e. The Hall–Kier alpha value is -1.58. The zero-order chi connectivity index (χ0) is 9.56. The van der Waals surface area contributed by atoms with Crippen molar-refractivity contribution in [2.24, 2.45) is 0 Å². The molecule has 5 nitrogen and oxygen atoms in total. The summed E-state index contributed by atoms with van der Waals surface area (Å²) in [5.41, 5.74) is 1.91. The van der Waals surface area contributed by atoms with Crippen molar-refractivity contribution >= 4 is 11.9 Å². The van der Waals surface area contributed by atoms with Gasteiger partial charge in [-0.25, -0.2) is 4.79 Å². The lowest BCUT2D eigenvalue weighted by Crippen LogP contribution is -2.11. The van der Waals surface area contributed by atoms with Crippen LogP contribution in [-0.4, -0.2) is 28.9 Å². The molecule has 0 atom stereocenters. The van der Waals surface area contributed by atoms with Gasteiger partial charge in [0.25, 0.3) is 0 Å². The molecule has 0 bridgehead atoms. The number of aliphatic hydroxyl groups excluding tert-OH is 1. The van der Waals surface area contributed by atoms with Gasteiger partial charge < -0.3 is 14.9 Å². The minimum absolute atomic E-state index is 0.212. The fraction of sp³-hybridized carbons (Fsp3) is 0.286. The second kappa shape index (κ2) is 5.12. The number of ether oxygens (including phenoxy) is 1. The molecule has 0 amide bonds. The van der Waals surface area contributed by atoms with Crippen molar-refractivity contribution in [3.05, 3.63) is 17.9 Å². The summed E-state index contributed by atoms with van der Waals surface area (Å²) in [6.45, 7) is 2.32. The molecule has 0 aromatic heterocycles. The average molecular weight is 172 g/mol. The number of aliphatic carboxylic acids is 1. The van der Waals surface area contributed by atoms with E-state index in [1.807, 2.05) is 0 Å². The van der Waals surface area contributed by atoms with Gasteiger partial charge in [0, 0.05) is 0 Å². The Morgan fingerprint density at radius 3 is 2.42 bits per heavy atom. The number of carbonyl (C=O) groups excluding carboxylic acids is 1. The highest BCUT2D eigenvalue weighted by Gasteiger charge is 2.13. The van der Waals surface area contributed by atoms with Gasteiger partial charge in [-0.2, -0.15) is 0 Å². The molecule has 0 saturated heterocycles. The largest absolute Gasteiger partial charge is 0.481 e. The molecule has 2 N–H and O–H groups in total. The summed E-state index contributed by atoms with van der Waals surface area (Å²) in [7, 11) is 0. The highest BCUT2D eigenvalue weighted by molar-refractivity contribution is 5.93. The topological polar surface area (TPSA) is 83.8 Å². The summed E-state index contributed by atoms with van der Waals surface area (Å²) in [6, 6.07) is 0. The summed E-state index contributed by atoms with van der Waals surface area (Å²) in [5, 5.41) is 16.4. The van der Waals surface area contributed by atoms with Crippen LogP contribution < -0.4 is 0 Å². The number of hydrogen-bond acceptors (Lipinski definition) is 4. The molecule has 0 rings (SSSR count). The van der Waals surface area contributed by atoms with E-state index in [0.717, 1.165) is 0 Å². The summed E-state index contributed by atoms with van der Waals surface area (Å²) in [5.74, 6) is -2.11. The van der Waals surface area contributed by atoms with Crippen LogP contribution in [-0.2, 0) is 14.3 Å². The smallest absolute Gasteiger partial charge is 0.344 e. The van der Waals surface area contributed by atoms with E-state index in [1.54, 1.807) is 0 Å². The standard InChI is InChI=1S/C7H8O5/c1-2-5(3-6(9)10)7(11)12-4-8/h8H,1,3-4H2,(H,9,10). The third-order valence-corrected chi connectivity index (χ3v) is 0.983. The molecule has 0 heterocycles. The third kappa shape index (κ3) is 3.55.